The van der Waals surface area contributed by atoms with Gasteiger partial charge in [-0.05, 0) is 38.0 Å². The number of carbonyl (C=O) groups is 1. The van der Waals surface area contributed by atoms with Crippen LogP contribution in [0.15, 0.2) is 42.7 Å². The fraction of sp³-hybridized carbons (Fsp3) is 0.294. The van der Waals surface area contributed by atoms with Crippen molar-refractivity contribution in [3.05, 3.63) is 53.9 Å². The van der Waals surface area contributed by atoms with Gasteiger partial charge in [0.25, 0.3) is 5.91 Å². The fourth-order valence-corrected chi connectivity index (χ4v) is 2.65. The lowest BCUT2D eigenvalue weighted by Gasteiger charge is -2.19. The molecule has 0 fully saturated rings. The van der Waals surface area contributed by atoms with E-state index in [1.165, 1.54) is 11.3 Å². The number of anilines is 2. The van der Waals surface area contributed by atoms with Crippen molar-refractivity contribution in [2.75, 3.05) is 11.4 Å². The number of rotatable bonds is 3. The third kappa shape index (κ3) is 2.75. The van der Waals surface area contributed by atoms with Crippen molar-refractivity contribution in [2.24, 2.45) is 0 Å². The molecule has 0 bridgehead atoms. The molecule has 0 saturated heterocycles. The van der Waals surface area contributed by atoms with Gasteiger partial charge in [0, 0.05) is 24.5 Å². The van der Waals surface area contributed by atoms with Gasteiger partial charge in [-0.25, -0.2) is 0 Å². The van der Waals surface area contributed by atoms with Crippen LogP contribution in [0.1, 0.15) is 29.8 Å². The Kier molecular flexibility index (Phi) is 3.60. The first-order valence-corrected chi connectivity index (χ1v) is 7.26. The van der Waals surface area contributed by atoms with E-state index < -0.39 is 0 Å². The predicted molar refractivity (Wildman–Crippen MR) is 84.0 cm³/mol. The number of benzene rings is 1. The van der Waals surface area contributed by atoms with Gasteiger partial charge in [0.05, 0.1) is 17.4 Å². The molecule has 1 aliphatic heterocycles. The summed E-state index contributed by atoms with van der Waals surface area (Å²) >= 11 is 0. The molecule has 1 aliphatic rings. The van der Waals surface area contributed by atoms with E-state index in [9.17, 15) is 4.79 Å². The first-order valence-electron chi connectivity index (χ1n) is 7.26. The molecule has 3 rings (SSSR count). The zero-order valence-electron chi connectivity index (χ0n) is 12.3. The summed E-state index contributed by atoms with van der Waals surface area (Å²) in [5, 5.41) is 2.90. The van der Waals surface area contributed by atoms with Crippen molar-refractivity contribution in [1.29, 1.82) is 0 Å². The Labute approximate surface area is 124 Å². The highest BCUT2D eigenvalue weighted by Gasteiger charge is 2.20. The summed E-state index contributed by atoms with van der Waals surface area (Å²) in [7, 11) is 0. The summed E-state index contributed by atoms with van der Waals surface area (Å²) in [5.74, 6) is -0.0770. The number of amides is 1. The van der Waals surface area contributed by atoms with Gasteiger partial charge in [-0.2, -0.15) is 0 Å². The molecule has 2 aromatic rings. The molecule has 0 saturated carbocycles. The van der Waals surface area contributed by atoms with E-state index in [1.807, 2.05) is 32.2 Å². The number of carbonyl (C=O) groups excluding carboxylic acids is 1. The minimum Gasteiger partial charge on any atom is -0.350 e. The van der Waals surface area contributed by atoms with E-state index in [0.29, 0.717) is 5.56 Å². The van der Waals surface area contributed by atoms with Crippen molar-refractivity contribution in [3.63, 3.8) is 0 Å². The minimum atomic E-state index is -0.0770. The average molecular weight is 281 g/mol. The molecule has 0 unspecified atom stereocenters. The SMILES string of the molecule is CC(C)NC(=O)c1cncc(N2CCc3ccccc32)c1. The van der Waals surface area contributed by atoms with Crippen molar-refractivity contribution < 1.29 is 4.79 Å². The molecule has 21 heavy (non-hydrogen) atoms. The lowest BCUT2D eigenvalue weighted by molar-refractivity contribution is 0.0943. The van der Waals surface area contributed by atoms with E-state index >= 15 is 0 Å². The first kappa shape index (κ1) is 13.6. The topological polar surface area (TPSA) is 45.2 Å². The molecule has 1 aromatic heterocycles. The Morgan fingerprint density at radius 1 is 1.29 bits per heavy atom. The smallest absolute Gasteiger partial charge is 0.253 e. The molecule has 1 N–H and O–H groups in total. The zero-order chi connectivity index (χ0) is 14.8. The normalized spacial score (nSPS) is 13.4. The number of fused-ring (bicyclic) bond motifs is 1. The summed E-state index contributed by atoms with van der Waals surface area (Å²) in [4.78, 5) is 18.5. The van der Waals surface area contributed by atoms with E-state index in [2.05, 4.69) is 33.4 Å². The zero-order valence-corrected chi connectivity index (χ0v) is 12.3. The average Bonchev–Trinajstić information content (AvgIpc) is 2.90. The maximum absolute atomic E-state index is 12.1. The second kappa shape index (κ2) is 5.56. The number of nitrogens with one attached hydrogen (secondary N) is 1. The molecule has 108 valence electrons. The Balaban J connectivity index is 1.89. The largest absolute Gasteiger partial charge is 0.350 e. The third-order valence-corrected chi connectivity index (χ3v) is 3.60. The Morgan fingerprint density at radius 2 is 2.10 bits per heavy atom. The summed E-state index contributed by atoms with van der Waals surface area (Å²) in [6, 6.07) is 10.4. The molecule has 4 nitrogen and oxygen atoms in total. The van der Waals surface area contributed by atoms with Gasteiger partial charge in [0.2, 0.25) is 0 Å². The number of para-hydroxylation sites is 1. The molecular formula is C17H19N3O. The highest BCUT2D eigenvalue weighted by Crippen LogP contribution is 2.33. The van der Waals surface area contributed by atoms with Crippen molar-refractivity contribution in [2.45, 2.75) is 26.3 Å². The second-order valence-corrected chi connectivity index (χ2v) is 5.59. The van der Waals surface area contributed by atoms with Crippen LogP contribution >= 0.6 is 0 Å². The molecule has 0 atom stereocenters. The minimum absolute atomic E-state index is 0.0770. The number of hydrogen-bond donors (Lipinski definition) is 1. The van der Waals surface area contributed by atoms with Crippen LogP contribution in [0.3, 0.4) is 0 Å². The van der Waals surface area contributed by atoms with Gasteiger partial charge in [-0.15, -0.1) is 0 Å². The number of aromatic nitrogens is 1. The molecule has 1 aromatic carbocycles. The maximum atomic E-state index is 12.1. The lowest BCUT2D eigenvalue weighted by atomic mass is 10.2. The summed E-state index contributed by atoms with van der Waals surface area (Å²) < 4.78 is 0. The molecule has 2 heterocycles. The van der Waals surface area contributed by atoms with Crippen LogP contribution in [-0.2, 0) is 6.42 Å². The van der Waals surface area contributed by atoms with Gasteiger partial charge >= 0.3 is 0 Å². The predicted octanol–water partition coefficient (Wildman–Crippen LogP) is 2.91. The fourth-order valence-electron chi connectivity index (χ4n) is 2.65. The first-order chi connectivity index (χ1) is 10.1. The van der Waals surface area contributed by atoms with Crippen molar-refractivity contribution >= 4 is 17.3 Å². The number of nitrogens with zero attached hydrogens (tertiary/aromatic N) is 2. The van der Waals surface area contributed by atoms with Crippen LogP contribution in [0.4, 0.5) is 11.4 Å². The standard InChI is InChI=1S/C17H19N3O/c1-12(2)19-17(21)14-9-15(11-18-10-14)20-8-7-13-5-3-4-6-16(13)20/h3-6,9-12H,7-8H2,1-2H3,(H,19,21). The molecule has 1 amide bonds. The van der Waals surface area contributed by atoms with E-state index in [0.717, 1.165) is 18.7 Å². The Hall–Kier alpha value is -2.36. The van der Waals surface area contributed by atoms with Crippen LogP contribution in [-0.4, -0.2) is 23.5 Å². The molecule has 4 heteroatoms. The summed E-state index contributed by atoms with van der Waals surface area (Å²) in [6.45, 7) is 4.83. The van der Waals surface area contributed by atoms with E-state index in [1.54, 1.807) is 6.20 Å². The lowest BCUT2D eigenvalue weighted by Crippen LogP contribution is -2.30. The van der Waals surface area contributed by atoms with Crippen molar-refractivity contribution in [1.82, 2.24) is 10.3 Å². The van der Waals surface area contributed by atoms with Gasteiger partial charge in [-0.1, -0.05) is 18.2 Å². The van der Waals surface area contributed by atoms with Gasteiger partial charge in [0.1, 0.15) is 0 Å². The molecule has 0 spiro atoms. The van der Waals surface area contributed by atoms with E-state index in [-0.39, 0.29) is 11.9 Å². The molecule has 0 radical (unpaired) electrons. The van der Waals surface area contributed by atoms with Crippen molar-refractivity contribution in [3.8, 4) is 0 Å². The van der Waals surface area contributed by atoms with Crippen LogP contribution < -0.4 is 10.2 Å². The Bertz CT molecular complexity index is 667. The highest BCUT2D eigenvalue weighted by molar-refractivity contribution is 5.95. The maximum Gasteiger partial charge on any atom is 0.253 e. The number of pyridine rings is 1. The van der Waals surface area contributed by atoms with Crippen LogP contribution in [0, 0.1) is 0 Å². The van der Waals surface area contributed by atoms with Gasteiger partial charge in [0.15, 0.2) is 0 Å². The molecule has 0 aliphatic carbocycles. The highest BCUT2D eigenvalue weighted by atomic mass is 16.1. The Morgan fingerprint density at radius 3 is 2.90 bits per heavy atom. The third-order valence-electron chi connectivity index (χ3n) is 3.60. The monoisotopic (exact) mass is 281 g/mol. The number of hydrogen-bond acceptors (Lipinski definition) is 3. The molecular weight excluding hydrogens is 262 g/mol. The second-order valence-electron chi connectivity index (χ2n) is 5.59. The summed E-state index contributed by atoms with van der Waals surface area (Å²) in [6.07, 6.45) is 4.45. The van der Waals surface area contributed by atoms with Crippen LogP contribution in [0.5, 0.6) is 0 Å². The summed E-state index contributed by atoms with van der Waals surface area (Å²) in [5.41, 5.74) is 4.12. The van der Waals surface area contributed by atoms with Gasteiger partial charge in [-0.3, -0.25) is 9.78 Å². The van der Waals surface area contributed by atoms with E-state index in [4.69, 9.17) is 0 Å². The quantitative estimate of drug-likeness (QED) is 0.941. The van der Waals surface area contributed by atoms with Gasteiger partial charge < -0.3 is 10.2 Å². The van der Waals surface area contributed by atoms with Crippen LogP contribution in [0.2, 0.25) is 0 Å². The van der Waals surface area contributed by atoms with Crippen LogP contribution in [0.25, 0.3) is 0 Å².